The fraction of sp³-hybridized carbons (Fsp3) is 0.500. The molecule has 1 aromatic heterocycles. The minimum atomic E-state index is 0.351. The second kappa shape index (κ2) is 5.25. The number of rotatable bonds is 4. The van der Waals surface area contributed by atoms with Gasteiger partial charge in [0.05, 0.1) is 5.69 Å². The van der Waals surface area contributed by atoms with Gasteiger partial charge in [0, 0.05) is 6.54 Å². The molecule has 16 heavy (non-hydrogen) atoms. The van der Waals surface area contributed by atoms with Crippen LogP contribution in [0.25, 0.3) is 0 Å². The lowest BCUT2D eigenvalue weighted by atomic mass is 10.1. The molecule has 0 spiro atoms. The molecular weight excluding hydrogens is 218 g/mol. The number of nitrogens with two attached hydrogens (primary N) is 1. The monoisotopic (exact) mass is 235 g/mol. The molecule has 1 aliphatic rings. The average Bonchev–Trinajstić information content (AvgIpc) is 2.79. The SMILES string of the molecule is NC(=S)c1cccc(NCC2CCCC2)n1. The minimum Gasteiger partial charge on any atom is -0.388 e. The lowest BCUT2D eigenvalue weighted by Crippen LogP contribution is -2.15. The Morgan fingerprint density at radius 2 is 2.19 bits per heavy atom. The second-order valence-corrected chi connectivity index (χ2v) is 4.74. The molecule has 0 amide bonds. The van der Waals surface area contributed by atoms with E-state index in [4.69, 9.17) is 18.0 Å². The number of aromatic nitrogens is 1. The van der Waals surface area contributed by atoms with E-state index in [-0.39, 0.29) is 0 Å². The molecule has 1 saturated carbocycles. The lowest BCUT2D eigenvalue weighted by molar-refractivity contribution is 0.579. The van der Waals surface area contributed by atoms with E-state index in [2.05, 4.69) is 10.3 Å². The zero-order valence-electron chi connectivity index (χ0n) is 9.28. The van der Waals surface area contributed by atoms with Crippen molar-refractivity contribution in [1.82, 2.24) is 4.98 Å². The summed E-state index contributed by atoms with van der Waals surface area (Å²) in [6.07, 6.45) is 5.41. The van der Waals surface area contributed by atoms with E-state index < -0.39 is 0 Å². The Labute approximate surface area is 101 Å². The normalized spacial score (nSPS) is 16.2. The molecule has 0 radical (unpaired) electrons. The molecular formula is C12H17N3S. The van der Waals surface area contributed by atoms with Crippen molar-refractivity contribution >= 4 is 23.0 Å². The third-order valence-electron chi connectivity index (χ3n) is 3.05. The molecule has 3 N–H and O–H groups in total. The number of pyridine rings is 1. The Kier molecular flexibility index (Phi) is 3.72. The highest BCUT2D eigenvalue weighted by atomic mass is 32.1. The molecule has 1 heterocycles. The third kappa shape index (κ3) is 2.92. The Bertz CT molecular complexity index is 372. The van der Waals surface area contributed by atoms with Crippen molar-refractivity contribution in [2.75, 3.05) is 11.9 Å². The van der Waals surface area contributed by atoms with Gasteiger partial charge in [0.15, 0.2) is 0 Å². The maximum atomic E-state index is 5.54. The van der Waals surface area contributed by atoms with Crippen molar-refractivity contribution in [1.29, 1.82) is 0 Å². The topological polar surface area (TPSA) is 50.9 Å². The van der Waals surface area contributed by atoms with Gasteiger partial charge in [-0.3, -0.25) is 0 Å². The third-order valence-corrected chi connectivity index (χ3v) is 3.26. The van der Waals surface area contributed by atoms with Crippen LogP contribution in [0.4, 0.5) is 5.82 Å². The molecule has 0 unspecified atom stereocenters. The van der Waals surface area contributed by atoms with Gasteiger partial charge in [-0.15, -0.1) is 0 Å². The smallest absolute Gasteiger partial charge is 0.126 e. The molecule has 1 fully saturated rings. The summed E-state index contributed by atoms with van der Waals surface area (Å²) in [5.41, 5.74) is 6.23. The van der Waals surface area contributed by atoms with Crippen molar-refractivity contribution in [3.63, 3.8) is 0 Å². The van der Waals surface area contributed by atoms with Crippen LogP contribution in [0.2, 0.25) is 0 Å². The van der Waals surface area contributed by atoms with E-state index in [1.54, 1.807) is 0 Å². The van der Waals surface area contributed by atoms with Crippen LogP contribution in [-0.2, 0) is 0 Å². The summed E-state index contributed by atoms with van der Waals surface area (Å²) in [5.74, 6) is 1.67. The van der Waals surface area contributed by atoms with Crippen LogP contribution >= 0.6 is 12.2 Å². The van der Waals surface area contributed by atoms with Crippen LogP contribution in [0.1, 0.15) is 31.4 Å². The maximum absolute atomic E-state index is 5.54. The van der Waals surface area contributed by atoms with E-state index in [1.165, 1.54) is 25.7 Å². The molecule has 1 aromatic rings. The van der Waals surface area contributed by atoms with Gasteiger partial charge in [-0.05, 0) is 30.9 Å². The predicted molar refractivity (Wildman–Crippen MR) is 70.6 cm³/mol. The van der Waals surface area contributed by atoms with Crippen molar-refractivity contribution < 1.29 is 0 Å². The van der Waals surface area contributed by atoms with Crippen molar-refractivity contribution in [3.05, 3.63) is 23.9 Å². The highest BCUT2D eigenvalue weighted by molar-refractivity contribution is 7.80. The summed E-state index contributed by atoms with van der Waals surface area (Å²) >= 11 is 4.90. The quantitative estimate of drug-likeness (QED) is 0.786. The minimum absolute atomic E-state index is 0.351. The number of nitrogens with one attached hydrogen (secondary N) is 1. The van der Waals surface area contributed by atoms with Gasteiger partial charge < -0.3 is 11.1 Å². The molecule has 0 atom stereocenters. The Morgan fingerprint density at radius 3 is 2.88 bits per heavy atom. The lowest BCUT2D eigenvalue weighted by Gasteiger charge is -2.11. The van der Waals surface area contributed by atoms with Crippen LogP contribution < -0.4 is 11.1 Å². The van der Waals surface area contributed by atoms with E-state index >= 15 is 0 Å². The van der Waals surface area contributed by atoms with Gasteiger partial charge in [0.25, 0.3) is 0 Å². The fourth-order valence-electron chi connectivity index (χ4n) is 2.13. The second-order valence-electron chi connectivity index (χ2n) is 4.30. The van der Waals surface area contributed by atoms with E-state index in [0.717, 1.165) is 18.3 Å². The van der Waals surface area contributed by atoms with E-state index in [0.29, 0.717) is 10.7 Å². The first-order valence-corrected chi connectivity index (χ1v) is 6.17. The predicted octanol–water partition coefficient (Wildman–Crippen LogP) is 2.32. The first kappa shape index (κ1) is 11.3. The Morgan fingerprint density at radius 1 is 1.44 bits per heavy atom. The maximum Gasteiger partial charge on any atom is 0.126 e. The molecule has 0 aliphatic heterocycles. The van der Waals surface area contributed by atoms with E-state index in [9.17, 15) is 0 Å². The molecule has 86 valence electrons. The summed E-state index contributed by atoms with van der Waals surface area (Å²) in [4.78, 5) is 4.71. The summed E-state index contributed by atoms with van der Waals surface area (Å²) in [6, 6.07) is 5.72. The Balaban J connectivity index is 1.93. The van der Waals surface area contributed by atoms with E-state index in [1.807, 2.05) is 18.2 Å². The highest BCUT2D eigenvalue weighted by Crippen LogP contribution is 2.24. The molecule has 4 heteroatoms. The summed E-state index contributed by atoms with van der Waals surface area (Å²) in [5, 5.41) is 3.36. The van der Waals surface area contributed by atoms with Crippen LogP contribution in [0.3, 0.4) is 0 Å². The fourth-order valence-corrected chi connectivity index (χ4v) is 2.25. The van der Waals surface area contributed by atoms with Crippen LogP contribution in [0.5, 0.6) is 0 Å². The van der Waals surface area contributed by atoms with Gasteiger partial charge >= 0.3 is 0 Å². The number of hydrogen-bond donors (Lipinski definition) is 2. The van der Waals surface area contributed by atoms with Gasteiger partial charge in [-0.1, -0.05) is 31.1 Å². The molecule has 1 aliphatic carbocycles. The number of nitrogens with zero attached hydrogens (tertiary/aromatic N) is 1. The number of thiocarbonyl (C=S) groups is 1. The highest BCUT2D eigenvalue weighted by Gasteiger charge is 2.14. The summed E-state index contributed by atoms with van der Waals surface area (Å²) in [7, 11) is 0. The molecule has 0 saturated heterocycles. The average molecular weight is 235 g/mol. The Hall–Kier alpha value is -1.16. The number of anilines is 1. The standard InChI is InChI=1S/C12H17N3S/c13-12(16)10-6-3-7-11(15-10)14-8-9-4-1-2-5-9/h3,6-7,9H,1-2,4-5,8H2,(H2,13,16)(H,14,15). The first-order valence-electron chi connectivity index (χ1n) is 5.76. The van der Waals surface area contributed by atoms with Gasteiger partial charge in [-0.25, -0.2) is 4.98 Å². The van der Waals surface area contributed by atoms with Crippen molar-refractivity contribution in [3.8, 4) is 0 Å². The first-order chi connectivity index (χ1) is 7.75. The zero-order chi connectivity index (χ0) is 11.4. The molecule has 0 bridgehead atoms. The van der Waals surface area contributed by atoms with Gasteiger partial charge in [0.2, 0.25) is 0 Å². The van der Waals surface area contributed by atoms with Gasteiger partial charge in [-0.2, -0.15) is 0 Å². The molecule has 3 nitrogen and oxygen atoms in total. The number of hydrogen-bond acceptors (Lipinski definition) is 3. The molecule has 0 aromatic carbocycles. The summed E-state index contributed by atoms with van der Waals surface area (Å²) < 4.78 is 0. The van der Waals surface area contributed by atoms with Crippen LogP contribution in [0.15, 0.2) is 18.2 Å². The van der Waals surface area contributed by atoms with Crippen molar-refractivity contribution in [2.24, 2.45) is 11.7 Å². The largest absolute Gasteiger partial charge is 0.388 e. The van der Waals surface area contributed by atoms with Crippen molar-refractivity contribution in [2.45, 2.75) is 25.7 Å². The van der Waals surface area contributed by atoms with Crippen LogP contribution in [0, 0.1) is 5.92 Å². The van der Waals surface area contributed by atoms with Crippen LogP contribution in [-0.4, -0.2) is 16.5 Å². The van der Waals surface area contributed by atoms with Gasteiger partial charge in [0.1, 0.15) is 10.8 Å². The molecule has 2 rings (SSSR count). The summed E-state index contributed by atoms with van der Waals surface area (Å²) in [6.45, 7) is 1.01. The zero-order valence-corrected chi connectivity index (χ0v) is 10.1.